The molecule has 1 aromatic carbocycles. The lowest BCUT2D eigenvalue weighted by atomic mass is 9.94. The number of halogens is 1. The largest absolute Gasteiger partial charge is 0.402 e. The fourth-order valence-corrected chi connectivity index (χ4v) is 4.35. The SMILES string of the molecule is C=C(C)N=C/C(C(=O)NC1(C(=O)NCC2CCN(c3cccc(F)c3C(=O)C(C)O)CC2)CC1)=C(/C)N. The van der Waals surface area contributed by atoms with Gasteiger partial charge in [-0.3, -0.25) is 19.4 Å². The first-order chi connectivity index (χ1) is 17.4. The van der Waals surface area contributed by atoms with E-state index in [9.17, 15) is 23.9 Å². The molecule has 1 unspecified atom stereocenters. The second-order valence-electron chi connectivity index (χ2n) is 9.94. The number of nitrogens with zero attached hydrogens (tertiary/aromatic N) is 2. The molecule has 1 aromatic rings. The van der Waals surface area contributed by atoms with Crippen molar-refractivity contribution in [3.8, 4) is 0 Å². The normalized spacial score (nSPS) is 18.7. The second-order valence-corrected chi connectivity index (χ2v) is 9.94. The van der Waals surface area contributed by atoms with Gasteiger partial charge in [-0.15, -0.1) is 0 Å². The van der Waals surface area contributed by atoms with Gasteiger partial charge >= 0.3 is 0 Å². The smallest absolute Gasteiger partial charge is 0.255 e. The van der Waals surface area contributed by atoms with Crippen LogP contribution in [0.25, 0.3) is 0 Å². The van der Waals surface area contributed by atoms with E-state index in [0.29, 0.717) is 49.6 Å². The van der Waals surface area contributed by atoms with Crippen molar-refractivity contribution >= 4 is 29.5 Å². The van der Waals surface area contributed by atoms with Crippen LogP contribution in [0.4, 0.5) is 10.1 Å². The minimum Gasteiger partial charge on any atom is -0.402 e. The highest BCUT2D eigenvalue weighted by Gasteiger charge is 2.51. The monoisotopic (exact) mass is 513 g/mol. The predicted molar refractivity (Wildman–Crippen MR) is 141 cm³/mol. The average molecular weight is 514 g/mol. The Labute approximate surface area is 216 Å². The fraction of sp³-hybridized carbons (Fsp3) is 0.481. The molecule has 37 heavy (non-hydrogen) atoms. The molecular formula is C27H36FN5O4. The lowest BCUT2D eigenvalue weighted by molar-refractivity contribution is -0.128. The Morgan fingerprint density at radius 2 is 1.95 bits per heavy atom. The minimum atomic E-state index is -1.29. The zero-order valence-electron chi connectivity index (χ0n) is 21.6. The van der Waals surface area contributed by atoms with Crippen molar-refractivity contribution in [3.63, 3.8) is 0 Å². The molecule has 2 aliphatic rings. The zero-order valence-corrected chi connectivity index (χ0v) is 21.6. The van der Waals surface area contributed by atoms with Crippen LogP contribution in [0.1, 0.15) is 56.8 Å². The van der Waals surface area contributed by atoms with Crippen LogP contribution in [0.15, 0.2) is 46.7 Å². The van der Waals surface area contributed by atoms with E-state index in [2.05, 4.69) is 22.2 Å². The number of hydrogen-bond donors (Lipinski definition) is 4. The second kappa shape index (κ2) is 11.7. The van der Waals surface area contributed by atoms with E-state index in [-0.39, 0.29) is 23.0 Å². The Morgan fingerprint density at radius 3 is 2.49 bits per heavy atom. The lowest BCUT2D eigenvalue weighted by Gasteiger charge is -2.35. The van der Waals surface area contributed by atoms with Crippen molar-refractivity contribution in [2.45, 2.75) is 58.1 Å². The van der Waals surface area contributed by atoms with Gasteiger partial charge in [-0.2, -0.15) is 0 Å². The maximum atomic E-state index is 14.4. The molecule has 5 N–H and O–H groups in total. The molecule has 0 bridgehead atoms. The van der Waals surface area contributed by atoms with E-state index >= 15 is 0 Å². The summed E-state index contributed by atoms with van der Waals surface area (Å²) in [5, 5.41) is 15.5. The molecule has 1 heterocycles. The number of anilines is 1. The first-order valence-corrected chi connectivity index (χ1v) is 12.5. The molecule has 0 aromatic heterocycles. The van der Waals surface area contributed by atoms with Gasteiger partial charge in [0.15, 0.2) is 5.78 Å². The number of aliphatic imine (C=N–C) groups is 1. The Hall–Kier alpha value is -3.53. The van der Waals surface area contributed by atoms with Crippen LogP contribution in [0.2, 0.25) is 0 Å². The van der Waals surface area contributed by atoms with Crippen LogP contribution in [0, 0.1) is 11.7 Å². The van der Waals surface area contributed by atoms with Gasteiger partial charge in [0.1, 0.15) is 17.5 Å². The van der Waals surface area contributed by atoms with Gasteiger partial charge < -0.3 is 26.4 Å². The molecule has 1 aliphatic heterocycles. The molecule has 200 valence electrons. The number of ketones is 1. The number of carbonyl (C=O) groups is 3. The number of aliphatic hydroxyl groups excluding tert-OH is 1. The van der Waals surface area contributed by atoms with Crippen molar-refractivity contribution in [1.82, 2.24) is 10.6 Å². The quantitative estimate of drug-likeness (QED) is 0.215. The van der Waals surface area contributed by atoms with Gasteiger partial charge in [-0.05, 0) is 64.5 Å². The molecule has 0 spiro atoms. The van der Waals surface area contributed by atoms with Gasteiger partial charge in [0.25, 0.3) is 5.91 Å². The lowest BCUT2D eigenvalue weighted by Crippen LogP contribution is -2.51. The fourth-order valence-electron chi connectivity index (χ4n) is 4.35. The van der Waals surface area contributed by atoms with Crippen LogP contribution in [-0.4, -0.2) is 60.2 Å². The van der Waals surface area contributed by atoms with Crippen LogP contribution in [-0.2, 0) is 9.59 Å². The van der Waals surface area contributed by atoms with E-state index in [1.165, 1.54) is 19.2 Å². The van der Waals surface area contributed by atoms with Crippen molar-refractivity contribution in [2.75, 3.05) is 24.5 Å². The average Bonchev–Trinajstić information content (AvgIpc) is 3.62. The first kappa shape index (κ1) is 28.0. The van der Waals surface area contributed by atoms with E-state index in [0.717, 1.165) is 12.8 Å². The zero-order chi connectivity index (χ0) is 27.3. The van der Waals surface area contributed by atoms with Crippen LogP contribution >= 0.6 is 0 Å². The van der Waals surface area contributed by atoms with E-state index in [4.69, 9.17) is 5.73 Å². The molecule has 0 radical (unpaired) electrons. The topological polar surface area (TPSA) is 137 Å². The number of aliphatic hydroxyl groups is 1. The minimum absolute atomic E-state index is 0.0925. The highest BCUT2D eigenvalue weighted by atomic mass is 19.1. The molecule has 3 rings (SSSR count). The molecule has 2 fully saturated rings. The summed E-state index contributed by atoms with van der Waals surface area (Å²) in [5.74, 6) is -1.79. The van der Waals surface area contributed by atoms with Crippen molar-refractivity contribution in [2.24, 2.45) is 16.6 Å². The van der Waals surface area contributed by atoms with Crippen LogP contribution in [0.5, 0.6) is 0 Å². The maximum absolute atomic E-state index is 14.4. The Morgan fingerprint density at radius 1 is 1.30 bits per heavy atom. The molecule has 9 nitrogen and oxygen atoms in total. The summed E-state index contributed by atoms with van der Waals surface area (Å²) >= 11 is 0. The van der Waals surface area contributed by atoms with Crippen molar-refractivity contribution in [1.29, 1.82) is 0 Å². The number of nitrogens with two attached hydrogens (primary N) is 1. The van der Waals surface area contributed by atoms with Gasteiger partial charge in [0.05, 0.1) is 16.8 Å². The summed E-state index contributed by atoms with van der Waals surface area (Å²) in [6, 6.07) is 4.46. The maximum Gasteiger partial charge on any atom is 0.255 e. The predicted octanol–water partition coefficient (Wildman–Crippen LogP) is 2.21. The summed E-state index contributed by atoms with van der Waals surface area (Å²) in [6.07, 6.45) is 2.60. The summed E-state index contributed by atoms with van der Waals surface area (Å²) < 4.78 is 14.4. The van der Waals surface area contributed by atoms with Gasteiger partial charge in [-0.1, -0.05) is 12.6 Å². The Kier molecular flexibility index (Phi) is 8.85. The summed E-state index contributed by atoms with van der Waals surface area (Å²) in [4.78, 5) is 44.0. The molecule has 2 amide bonds. The number of benzene rings is 1. The van der Waals surface area contributed by atoms with Crippen molar-refractivity contribution in [3.05, 3.63) is 53.1 Å². The van der Waals surface area contributed by atoms with E-state index in [1.54, 1.807) is 26.0 Å². The van der Waals surface area contributed by atoms with E-state index in [1.807, 2.05) is 4.90 Å². The molecule has 1 saturated heterocycles. The number of carbonyl (C=O) groups excluding carboxylic acids is 3. The molecular weight excluding hydrogens is 477 g/mol. The van der Waals surface area contributed by atoms with Crippen molar-refractivity contribution < 1.29 is 23.9 Å². The third kappa shape index (κ3) is 6.82. The molecule has 1 atom stereocenters. The van der Waals surface area contributed by atoms with Gasteiger partial charge in [-0.25, -0.2) is 4.39 Å². The number of amides is 2. The van der Waals surface area contributed by atoms with Crippen LogP contribution in [0.3, 0.4) is 0 Å². The highest BCUT2D eigenvalue weighted by Crippen LogP contribution is 2.36. The number of nitrogens with one attached hydrogen (secondary N) is 2. The number of hydrogen-bond acceptors (Lipinski definition) is 7. The summed E-state index contributed by atoms with van der Waals surface area (Å²) in [5.41, 5.74) is 6.29. The number of rotatable bonds is 10. The Balaban J connectivity index is 1.55. The van der Waals surface area contributed by atoms with Gasteiger partial charge in [0.2, 0.25) is 5.91 Å². The number of Topliss-reactive ketones (excluding diaryl/α,β-unsaturated/α-hetero) is 1. The first-order valence-electron chi connectivity index (χ1n) is 12.5. The third-order valence-corrected chi connectivity index (χ3v) is 6.74. The third-order valence-electron chi connectivity index (χ3n) is 6.74. The molecule has 1 saturated carbocycles. The standard InChI is InChI=1S/C27H36FN5O4/c1-16(2)30-15-20(17(3)29)25(36)32-27(10-11-27)26(37)31-14-19-8-12-33(13-9-19)22-7-5-6-21(28)23(22)24(35)18(4)34/h5-7,15,18-19,34H,1,8-14,29H2,2-4H3,(H,31,37)(H,32,36)/b20-17+,30-15?. The Bertz CT molecular complexity index is 1130. The van der Waals surface area contributed by atoms with Gasteiger partial charge in [0, 0.05) is 37.2 Å². The molecule has 1 aliphatic carbocycles. The summed E-state index contributed by atoms with van der Waals surface area (Å²) in [7, 11) is 0. The van der Waals surface area contributed by atoms with E-state index < -0.39 is 29.2 Å². The highest BCUT2D eigenvalue weighted by molar-refractivity contribution is 6.14. The molecule has 10 heteroatoms. The number of piperidine rings is 1. The number of allylic oxidation sites excluding steroid dienone is 2. The van der Waals surface area contributed by atoms with Crippen LogP contribution < -0.4 is 21.3 Å². The summed E-state index contributed by atoms with van der Waals surface area (Å²) in [6.45, 7) is 9.90.